The first-order chi connectivity index (χ1) is 11.1. The summed E-state index contributed by atoms with van der Waals surface area (Å²) >= 11 is 3.43. The third-order valence-corrected chi connectivity index (χ3v) is 4.51. The van der Waals surface area contributed by atoms with Crippen LogP contribution in [0, 0.1) is 10.1 Å². The molecule has 0 amide bonds. The van der Waals surface area contributed by atoms with E-state index in [-0.39, 0.29) is 10.6 Å². The Bertz CT molecular complexity index is 1070. The maximum absolute atomic E-state index is 11.3. The van der Waals surface area contributed by atoms with Gasteiger partial charge in [-0.05, 0) is 45.8 Å². The molecule has 5 heteroatoms. The molecule has 0 fully saturated rings. The molecule has 23 heavy (non-hydrogen) atoms. The molecule has 4 rings (SSSR count). The molecule has 0 saturated carbocycles. The molecule has 0 radical (unpaired) electrons. The minimum Gasteiger partial charge on any atom is -0.456 e. The van der Waals surface area contributed by atoms with Crippen molar-refractivity contribution < 1.29 is 9.34 Å². The van der Waals surface area contributed by atoms with Crippen molar-refractivity contribution in [2.75, 3.05) is 0 Å². The van der Waals surface area contributed by atoms with Crippen LogP contribution in [-0.4, -0.2) is 4.92 Å². The minimum absolute atomic E-state index is 0.0755. The van der Waals surface area contributed by atoms with Crippen molar-refractivity contribution in [2.45, 2.75) is 0 Å². The number of rotatable bonds is 2. The first-order valence-electron chi connectivity index (χ1n) is 7.00. The van der Waals surface area contributed by atoms with E-state index in [1.165, 1.54) is 6.07 Å². The van der Waals surface area contributed by atoms with Gasteiger partial charge in [-0.15, -0.1) is 0 Å². The number of halogens is 1. The summed E-state index contributed by atoms with van der Waals surface area (Å²) in [6.45, 7) is 0. The molecule has 4 aromatic rings. The Balaban J connectivity index is 2.04. The van der Waals surface area contributed by atoms with Gasteiger partial charge in [0.25, 0.3) is 5.69 Å². The van der Waals surface area contributed by atoms with E-state index in [0.29, 0.717) is 10.0 Å². The average molecular weight is 368 g/mol. The first-order valence-corrected chi connectivity index (χ1v) is 7.79. The fourth-order valence-corrected chi connectivity index (χ4v) is 3.42. The lowest BCUT2D eigenvalue weighted by Crippen LogP contribution is -1.92. The number of hydrogen-bond donors (Lipinski definition) is 0. The zero-order valence-corrected chi connectivity index (χ0v) is 13.4. The number of nitrogens with zero attached hydrogens (tertiary/aromatic N) is 1. The highest BCUT2D eigenvalue weighted by Gasteiger charge is 2.19. The molecular formula is C18H10BrNO3. The largest absolute Gasteiger partial charge is 0.456 e. The lowest BCUT2D eigenvalue weighted by atomic mass is 10.0. The van der Waals surface area contributed by atoms with E-state index >= 15 is 0 Å². The number of nitro benzene ring substituents is 1. The number of nitro groups is 1. The van der Waals surface area contributed by atoms with Gasteiger partial charge in [0.2, 0.25) is 0 Å². The van der Waals surface area contributed by atoms with E-state index in [2.05, 4.69) is 15.9 Å². The Hall–Kier alpha value is -2.66. The van der Waals surface area contributed by atoms with Crippen molar-refractivity contribution in [1.82, 2.24) is 0 Å². The maximum Gasteiger partial charge on any atom is 0.278 e. The van der Waals surface area contributed by atoms with Crippen molar-refractivity contribution in [3.63, 3.8) is 0 Å². The van der Waals surface area contributed by atoms with Gasteiger partial charge in [0, 0.05) is 21.3 Å². The van der Waals surface area contributed by atoms with Crippen LogP contribution in [-0.2, 0) is 0 Å². The summed E-state index contributed by atoms with van der Waals surface area (Å²) in [5.74, 6) is 0. The Morgan fingerprint density at radius 3 is 2.52 bits per heavy atom. The molecule has 0 N–H and O–H groups in total. The molecule has 0 aliphatic heterocycles. The van der Waals surface area contributed by atoms with Crippen molar-refractivity contribution in [3.8, 4) is 11.1 Å². The standard InChI is InChI=1S/C18H10BrNO3/c19-14-5-3-6-15(20(21)22)18(14)11-8-9-17-13(10-11)12-4-1-2-7-16(12)23-17/h1-10H. The average Bonchev–Trinajstić information content (AvgIpc) is 2.92. The van der Waals surface area contributed by atoms with E-state index in [0.717, 1.165) is 27.5 Å². The van der Waals surface area contributed by atoms with Crippen LogP contribution in [0.25, 0.3) is 33.1 Å². The predicted octanol–water partition coefficient (Wildman–Crippen LogP) is 5.92. The molecule has 3 aromatic carbocycles. The normalized spacial score (nSPS) is 11.2. The third kappa shape index (κ3) is 2.21. The second-order valence-corrected chi connectivity index (χ2v) is 6.05. The predicted molar refractivity (Wildman–Crippen MR) is 93.5 cm³/mol. The Kier molecular flexibility index (Phi) is 3.16. The van der Waals surface area contributed by atoms with Crippen LogP contribution in [0.5, 0.6) is 0 Å². The number of fused-ring (bicyclic) bond motifs is 3. The van der Waals surface area contributed by atoms with Gasteiger partial charge in [0.1, 0.15) is 11.2 Å². The van der Waals surface area contributed by atoms with Crippen molar-refractivity contribution >= 4 is 43.6 Å². The molecular weight excluding hydrogens is 358 g/mol. The lowest BCUT2D eigenvalue weighted by molar-refractivity contribution is -0.384. The summed E-state index contributed by atoms with van der Waals surface area (Å²) in [6.07, 6.45) is 0. The van der Waals surface area contributed by atoms with Crippen molar-refractivity contribution in [2.24, 2.45) is 0 Å². The number of furan rings is 1. The van der Waals surface area contributed by atoms with Crippen molar-refractivity contribution in [3.05, 3.63) is 75.3 Å². The van der Waals surface area contributed by atoms with Gasteiger partial charge < -0.3 is 4.42 Å². The molecule has 0 aliphatic carbocycles. The fraction of sp³-hybridized carbons (Fsp3) is 0. The highest BCUT2D eigenvalue weighted by molar-refractivity contribution is 9.10. The Morgan fingerprint density at radius 2 is 1.70 bits per heavy atom. The third-order valence-electron chi connectivity index (χ3n) is 3.85. The van der Waals surface area contributed by atoms with E-state index in [4.69, 9.17) is 4.42 Å². The summed E-state index contributed by atoms with van der Waals surface area (Å²) in [5, 5.41) is 13.3. The van der Waals surface area contributed by atoms with Gasteiger partial charge >= 0.3 is 0 Å². The molecule has 0 atom stereocenters. The molecule has 1 heterocycles. The van der Waals surface area contributed by atoms with Crippen LogP contribution >= 0.6 is 15.9 Å². The van der Waals surface area contributed by atoms with Gasteiger partial charge in [0.15, 0.2) is 0 Å². The van der Waals surface area contributed by atoms with Crippen LogP contribution < -0.4 is 0 Å². The van der Waals surface area contributed by atoms with Crippen LogP contribution in [0.2, 0.25) is 0 Å². The maximum atomic E-state index is 11.3. The molecule has 1 aromatic heterocycles. The van der Waals surface area contributed by atoms with E-state index in [9.17, 15) is 10.1 Å². The fourth-order valence-electron chi connectivity index (χ4n) is 2.83. The van der Waals surface area contributed by atoms with Gasteiger partial charge in [-0.1, -0.05) is 30.3 Å². The highest BCUT2D eigenvalue weighted by atomic mass is 79.9. The smallest absolute Gasteiger partial charge is 0.278 e. The minimum atomic E-state index is -0.363. The zero-order chi connectivity index (χ0) is 16.0. The summed E-state index contributed by atoms with van der Waals surface area (Å²) in [4.78, 5) is 11.0. The lowest BCUT2D eigenvalue weighted by Gasteiger charge is -2.06. The van der Waals surface area contributed by atoms with E-state index < -0.39 is 0 Å². The van der Waals surface area contributed by atoms with Crippen LogP contribution in [0.4, 0.5) is 5.69 Å². The molecule has 0 bridgehead atoms. The van der Waals surface area contributed by atoms with Crippen LogP contribution in [0.3, 0.4) is 0 Å². The topological polar surface area (TPSA) is 56.3 Å². The molecule has 0 aliphatic rings. The van der Waals surface area contributed by atoms with Crippen LogP contribution in [0.15, 0.2) is 69.6 Å². The van der Waals surface area contributed by atoms with E-state index in [1.807, 2.05) is 42.5 Å². The van der Waals surface area contributed by atoms with Gasteiger partial charge in [-0.25, -0.2) is 0 Å². The molecule has 112 valence electrons. The number of benzene rings is 3. The second kappa shape index (κ2) is 5.21. The SMILES string of the molecule is O=[N+]([O-])c1cccc(Br)c1-c1ccc2oc3ccccc3c2c1. The summed E-state index contributed by atoms with van der Waals surface area (Å²) in [5.41, 5.74) is 3.00. The zero-order valence-electron chi connectivity index (χ0n) is 11.8. The quantitative estimate of drug-likeness (QED) is 0.326. The number of hydrogen-bond acceptors (Lipinski definition) is 3. The van der Waals surface area contributed by atoms with Gasteiger partial charge in [-0.3, -0.25) is 10.1 Å². The molecule has 0 spiro atoms. The molecule has 0 saturated heterocycles. The number of para-hydroxylation sites is 1. The monoisotopic (exact) mass is 367 g/mol. The van der Waals surface area contributed by atoms with Crippen molar-refractivity contribution in [1.29, 1.82) is 0 Å². The summed E-state index contributed by atoms with van der Waals surface area (Å²) < 4.78 is 6.50. The Labute approximate surface area is 139 Å². The highest BCUT2D eigenvalue weighted by Crippen LogP contribution is 2.39. The first kappa shape index (κ1) is 14.0. The molecule has 0 unspecified atom stereocenters. The van der Waals surface area contributed by atoms with Crippen LogP contribution in [0.1, 0.15) is 0 Å². The van der Waals surface area contributed by atoms with E-state index in [1.54, 1.807) is 12.1 Å². The molecule has 4 nitrogen and oxygen atoms in total. The summed E-state index contributed by atoms with van der Waals surface area (Å²) in [7, 11) is 0. The Morgan fingerprint density at radius 1 is 0.913 bits per heavy atom. The van der Waals surface area contributed by atoms with Gasteiger partial charge in [-0.2, -0.15) is 0 Å². The van der Waals surface area contributed by atoms with Gasteiger partial charge in [0.05, 0.1) is 10.5 Å². The summed E-state index contributed by atoms with van der Waals surface area (Å²) in [6, 6.07) is 18.4. The second-order valence-electron chi connectivity index (χ2n) is 5.20.